The lowest BCUT2D eigenvalue weighted by molar-refractivity contribution is 0.116. The second-order valence-corrected chi connectivity index (χ2v) is 7.78. The van der Waals surface area contributed by atoms with Crippen LogP contribution >= 0.6 is 27.3 Å². The molecule has 2 unspecified atom stereocenters. The quantitative estimate of drug-likeness (QED) is 0.922. The lowest BCUT2D eigenvalue weighted by Gasteiger charge is -2.40. The molecular formula is C13H21BrN2S. The highest BCUT2D eigenvalue weighted by Crippen LogP contribution is 2.36. The standard InChI is InChI=1S/C13H21BrN2S/c1-9(2)8-16-7-3-4-10(15)13(16)11-5-6-12(14)17-11/h5-6,9-10,13H,3-4,7-8,15H2,1-2H3. The van der Waals surface area contributed by atoms with Crippen LogP contribution in [-0.4, -0.2) is 24.0 Å². The van der Waals surface area contributed by atoms with E-state index in [1.807, 2.05) is 11.3 Å². The SMILES string of the molecule is CC(C)CN1CCCC(N)C1c1ccc(Br)s1. The van der Waals surface area contributed by atoms with Crippen molar-refractivity contribution in [2.45, 2.75) is 38.8 Å². The highest BCUT2D eigenvalue weighted by atomic mass is 79.9. The van der Waals surface area contributed by atoms with Gasteiger partial charge in [-0.2, -0.15) is 0 Å². The van der Waals surface area contributed by atoms with Crippen LogP contribution in [0.4, 0.5) is 0 Å². The molecule has 17 heavy (non-hydrogen) atoms. The van der Waals surface area contributed by atoms with E-state index in [0.717, 1.165) is 13.0 Å². The molecule has 4 heteroatoms. The van der Waals surface area contributed by atoms with Gasteiger partial charge in [0, 0.05) is 17.5 Å². The van der Waals surface area contributed by atoms with Gasteiger partial charge in [0.15, 0.2) is 0 Å². The molecule has 0 saturated carbocycles. The molecule has 1 fully saturated rings. The summed E-state index contributed by atoms with van der Waals surface area (Å²) in [5, 5.41) is 0. The van der Waals surface area contributed by atoms with Crippen LogP contribution in [-0.2, 0) is 0 Å². The smallest absolute Gasteiger partial charge is 0.0702 e. The molecule has 96 valence electrons. The van der Waals surface area contributed by atoms with Gasteiger partial charge in [0.25, 0.3) is 0 Å². The molecule has 2 rings (SSSR count). The third-order valence-corrected chi connectivity index (χ3v) is 4.96. The first kappa shape index (κ1) is 13.5. The van der Waals surface area contributed by atoms with Gasteiger partial charge in [-0.05, 0) is 53.4 Å². The number of hydrogen-bond acceptors (Lipinski definition) is 3. The normalized spacial score (nSPS) is 26.6. The minimum absolute atomic E-state index is 0.285. The van der Waals surface area contributed by atoms with Gasteiger partial charge in [-0.3, -0.25) is 4.90 Å². The van der Waals surface area contributed by atoms with Crippen molar-refractivity contribution in [3.63, 3.8) is 0 Å². The van der Waals surface area contributed by atoms with E-state index in [4.69, 9.17) is 5.73 Å². The van der Waals surface area contributed by atoms with Crippen LogP contribution in [0.5, 0.6) is 0 Å². The number of nitrogens with zero attached hydrogens (tertiary/aromatic N) is 1. The molecule has 1 aliphatic rings. The van der Waals surface area contributed by atoms with Crippen LogP contribution in [0.2, 0.25) is 0 Å². The summed E-state index contributed by atoms with van der Waals surface area (Å²) in [5.41, 5.74) is 6.34. The molecule has 0 spiro atoms. The Balaban J connectivity index is 2.18. The first-order valence-corrected chi connectivity index (χ1v) is 7.93. The molecule has 2 nitrogen and oxygen atoms in total. The molecule has 2 heterocycles. The molecule has 0 radical (unpaired) electrons. The Morgan fingerprint density at radius 3 is 2.88 bits per heavy atom. The fourth-order valence-corrected chi connectivity index (χ4v) is 4.28. The second-order valence-electron chi connectivity index (χ2n) is 5.28. The van der Waals surface area contributed by atoms with E-state index in [1.54, 1.807) is 0 Å². The van der Waals surface area contributed by atoms with Crippen LogP contribution < -0.4 is 5.73 Å². The van der Waals surface area contributed by atoms with Gasteiger partial charge in [0.1, 0.15) is 0 Å². The van der Waals surface area contributed by atoms with Gasteiger partial charge < -0.3 is 5.73 Å². The predicted molar refractivity (Wildman–Crippen MR) is 78.4 cm³/mol. The van der Waals surface area contributed by atoms with Gasteiger partial charge in [0.2, 0.25) is 0 Å². The average Bonchev–Trinajstić information content (AvgIpc) is 2.64. The summed E-state index contributed by atoms with van der Waals surface area (Å²) in [5.74, 6) is 0.700. The third kappa shape index (κ3) is 3.31. The molecule has 1 aromatic heterocycles. The van der Waals surface area contributed by atoms with E-state index in [9.17, 15) is 0 Å². The minimum Gasteiger partial charge on any atom is -0.326 e. The van der Waals surface area contributed by atoms with E-state index in [2.05, 4.69) is 46.8 Å². The van der Waals surface area contributed by atoms with Crippen molar-refractivity contribution in [2.24, 2.45) is 11.7 Å². The Bertz CT molecular complexity index is 364. The van der Waals surface area contributed by atoms with E-state index < -0.39 is 0 Å². The maximum Gasteiger partial charge on any atom is 0.0702 e. The number of piperidine rings is 1. The average molecular weight is 317 g/mol. The Morgan fingerprint density at radius 2 is 2.29 bits per heavy atom. The number of nitrogens with two attached hydrogens (primary N) is 1. The number of likely N-dealkylation sites (tertiary alicyclic amines) is 1. The Kier molecular flexibility index (Phi) is 4.64. The van der Waals surface area contributed by atoms with Gasteiger partial charge in [-0.1, -0.05) is 13.8 Å². The Morgan fingerprint density at radius 1 is 1.53 bits per heavy atom. The van der Waals surface area contributed by atoms with Crippen LogP contribution in [0.25, 0.3) is 0 Å². The maximum absolute atomic E-state index is 6.34. The fraction of sp³-hybridized carbons (Fsp3) is 0.692. The largest absolute Gasteiger partial charge is 0.326 e. The molecule has 1 aliphatic heterocycles. The summed E-state index contributed by atoms with van der Waals surface area (Å²) in [6, 6.07) is 5.06. The molecule has 0 amide bonds. The molecule has 0 aromatic carbocycles. The van der Waals surface area contributed by atoms with Crippen LogP contribution in [0.15, 0.2) is 15.9 Å². The van der Waals surface area contributed by atoms with Crippen molar-refractivity contribution >= 4 is 27.3 Å². The maximum atomic E-state index is 6.34. The highest BCUT2D eigenvalue weighted by Gasteiger charge is 2.31. The third-order valence-electron chi connectivity index (χ3n) is 3.27. The second kappa shape index (κ2) is 5.83. The fourth-order valence-electron chi connectivity index (χ4n) is 2.65. The molecule has 2 N–H and O–H groups in total. The minimum atomic E-state index is 0.285. The number of halogens is 1. The van der Waals surface area contributed by atoms with Crippen molar-refractivity contribution in [2.75, 3.05) is 13.1 Å². The Labute approximate surface area is 116 Å². The summed E-state index contributed by atoms with van der Waals surface area (Å²) in [6.07, 6.45) is 2.38. The predicted octanol–water partition coefficient (Wildman–Crippen LogP) is 3.63. The van der Waals surface area contributed by atoms with Crippen molar-refractivity contribution in [3.8, 4) is 0 Å². The summed E-state index contributed by atoms with van der Waals surface area (Å²) >= 11 is 5.37. The van der Waals surface area contributed by atoms with Crippen molar-refractivity contribution in [1.29, 1.82) is 0 Å². The van der Waals surface area contributed by atoms with E-state index in [0.29, 0.717) is 12.0 Å². The number of rotatable bonds is 3. The van der Waals surface area contributed by atoms with Crippen LogP contribution in [0, 0.1) is 5.92 Å². The zero-order chi connectivity index (χ0) is 12.4. The number of hydrogen-bond donors (Lipinski definition) is 1. The topological polar surface area (TPSA) is 29.3 Å². The van der Waals surface area contributed by atoms with E-state index in [-0.39, 0.29) is 6.04 Å². The zero-order valence-electron chi connectivity index (χ0n) is 10.5. The summed E-state index contributed by atoms with van der Waals surface area (Å²) in [6.45, 7) is 6.89. The van der Waals surface area contributed by atoms with Crippen molar-refractivity contribution < 1.29 is 0 Å². The molecule has 1 saturated heterocycles. The van der Waals surface area contributed by atoms with Gasteiger partial charge in [-0.15, -0.1) is 11.3 Å². The van der Waals surface area contributed by atoms with Gasteiger partial charge >= 0.3 is 0 Å². The van der Waals surface area contributed by atoms with Gasteiger partial charge in [-0.25, -0.2) is 0 Å². The van der Waals surface area contributed by atoms with Crippen LogP contribution in [0.3, 0.4) is 0 Å². The van der Waals surface area contributed by atoms with Crippen molar-refractivity contribution in [1.82, 2.24) is 4.90 Å². The summed E-state index contributed by atoms with van der Waals surface area (Å²) in [7, 11) is 0. The summed E-state index contributed by atoms with van der Waals surface area (Å²) in [4.78, 5) is 3.97. The Hall–Kier alpha value is 0.1000. The van der Waals surface area contributed by atoms with Crippen LogP contribution in [0.1, 0.15) is 37.6 Å². The molecular weight excluding hydrogens is 296 g/mol. The lowest BCUT2D eigenvalue weighted by atomic mass is 9.94. The first-order valence-electron chi connectivity index (χ1n) is 6.33. The number of thiophene rings is 1. The van der Waals surface area contributed by atoms with Gasteiger partial charge in [0.05, 0.1) is 9.83 Å². The first-order chi connectivity index (χ1) is 8.08. The lowest BCUT2D eigenvalue weighted by Crippen LogP contribution is -2.46. The molecule has 0 aliphatic carbocycles. The monoisotopic (exact) mass is 316 g/mol. The zero-order valence-corrected chi connectivity index (χ0v) is 12.9. The highest BCUT2D eigenvalue weighted by molar-refractivity contribution is 9.11. The van der Waals surface area contributed by atoms with Crippen molar-refractivity contribution in [3.05, 3.63) is 20.8 Å². The van der Waals surface area contributed by atoms with E-state index in [1.165, 1.54) is 21.6 Å². The molecule has 2 atom stereocenters. The van der Waals surface area contributed by atoms with E-state index >= 15 is 0 Å². The summed E-state index contributed by atoms with van der Waals surface area (Å²) < 4.78 is 1.20. The molecule has 0 bridgehead atoms. The molecule has 1 aromatic rings.